The number of hydrogen-bond donors (Lipinski definition) is 0. The van der Waals surface area contributed by atoms with Gasteiger partial charge in [0.1, 0.15) is 5.75 Å². The molecule has 1 saturated heterocycles. The second-order valence-electron chi connectivity index (χ2n) is 5.71. The van der Waals surface area contributed by atoms with Crippen LogP contribution in [0.3, 0.4) is 0 Å². The highest BCUT2D eigenvalue weighted by molar-refractivity contribution is 9.10. The molecule has 25 heavy (non-hydrogen) atoms. The van der Waals surface area contributed by atoms with Gasteiger partial charge in [0, 0.05) is 0 Å². The smallest absolute Gasteiger partial charge is 0.298 e. The summed E-state index contributed by atoms with van der Waals surface area (Å²) in [7, 11) is 0. The van der Waals surface area contributed by atoms with Gasteiger partial charge in [-0.2, -0.15) is 0 Å². The average Bonchev–Trinajstić information content (AvgIpc) is 2.84. The van der Waals surface area contributed by atoms with Crippen LogP contribution in [-0.2, 0) is 4.79 Å². The molecule has 1 fully saturated rings. The van der Waals surface area contributed by atoms with E-state index < -0.39 is 0 Å². The Kier molecular flexibility index (Phi) is 5.30. The van der Waals surface area contributed by atoms with Crippen LogP contribution in [0.15, 0.2) is 57.9 Å². The van der Waals surface area contributed by atoms with Crippen molar-refractivity contribution < 1.29 is 14.3 Å². The van der Waals surface area contributed by atoms with E-state index in [9.17, 15) is 9.59 Å². The number of anilines is 1. The van der Waals surface area contributed by atoms with Crippen molar-refractivity contribution >= 4 is 50.6 Å². The number of imide groups is 1. The summed E-state index contributed by atoms with van der Waals surface area (Å²) in [5.41, 5.74) is 1.40. The van der Waals surface area contributed by atoms with Crippen molar-refractivity contribution in [2.75, 3.05) is 4.90 Å². The first-order valence-electron chi connectivity index (χ1n) is 7.75. The Morgan fingerprint density at radius 1 is 1.12 bits per heavy atom. The lowest BCUT2D eigenvalue weighted by Crippen LogP contribution is -2.27. The molecule has 1 aliphatic rings. The average molecular weight is 418 g/mol. The number of thioether (sulfide) groups is 1. The van der Waals surface area contributed by atoms with Crippen molar-refractivity contribution in [1.29, 1.82) is 0 Å². The molecule has 6 heteroatoms. The standard InChI is InChI=1S/C19H16BrNO3S/c1-12(2)24-16-9-8-13(10-15(16)20)11-17-18(22)21(19(23)25-17)14-6-4-3-5-7-14/h3-12H,1-2H3/b17-11+. The second kappa shape index (κ2) is 7.45. The van der Waals surface area contributed by atoms with Gasteiger partial charge in [-0.3, -0.25) is 9.59 Å². The number of hydrogen-bond acceptors (Lipinski definition) is 4. The van der Waals surface area contributed by atoms with Gasteiger partial charge in [-0.25, -0.2) is 4.90 Å². The number of rotatable bonds is 4. The summed E-state index contributed by atoms with van der Waals surface area (Å²) in [5.74, 6) is 0.435. The van der Waals surface area contributed by atoms with Crippen molar-refractivity contribution in [2.45, 2.75) is 20.0 Å². The van der Waals surface area contributed by atoms with Crippen LogP contribution in [0.25, 0.3) is 6.08 Å². The summed E-state index contributed by atoms with van der Waals surface area (Å²) >= 11 is 4.42. The predicted molar refractivity (Wildman–Crippen MR) is 105 cm³/mol. The summed E-state index contributed by atoms with van der Waals surface area (Å²) in [4.78, 5) is 26.4. The maximum Gasteiger partial charge on any atom is 0.298 e. The quantitative estimate of drug-likeness (QED) is 0.618. The van der Waals surface area contributed by atoms with E-state index in [1.165, 1.54) is 4.90 Å². The number of ether oxygens (including phenoxy) is 1. The number of halogens is 1. The fraction of sp³-hybridized carbons (Fsp3) is 0.158. The molecule has 1 heterocycles. The molecule has 0 unspecified atom stereocenters. The Hall–Kier alpha value is -2.05. The lowest BCUT2D eigenvalue weighted by atomic mass is 10.2. The van der Waals surface area contributed by atoms with Crippen LogP contribution >= 0.6 is 27.7 Å². The van der Waals surface area contributed by atoms with E-state index in [0.717, 1.165) is 27.5 Å². The van der Waals surface area contributed by atoms with E-state index in [-0.39, 0.29) is 17.3 Å². The van der Waals surface area contributed by atoms with Gasteiger partial charge >= 0.3 is 0 Å². The zero-order chi connectivity index (χ0) is 18.0. The van der Waals surface area contributed by atoms with Crippen LogP contribution in [0.2, 0.25) is 0 Å². The number of carbonyl (C=O) groups is 2. The fourth-order valence-corrected chi connectivity index (χ4v) is 3.71. The molecule has 1 aliphatic heterocycles. The van der Waals surface area contributed by atoms with Gasteiger partial charge in [0.25, 0.3) is 11.1 Å². The summed E-state index contributed by atoms with van der Waals surface area (Å²) < 4.78 is 6.48. The molecule has 0 N–H and O–H groups in total. The van der Waals surface area contributed by atoms with E-state index in [4.69, 9.17) is 4.74 Å². The lowest BCUT2D eigenvalue weighted by molar-refractivity contribution is -0.113. The summed E-state index contributed by atoms with van der Waals surface area (Å²) in [6.45, 7) is 3.92. The summed E-state index contributed by atoms with van der Waals surface area (Å²) in [6, 6.07) is 14.5. The van der Waals surface area contributed by atoms with Crippen LogP contribution in [-0.4, -0.2) is 17.3 Å². The summed E-state index contributed by atoms with van der Waals surface area (Å²) in [5, 5.41) is -0.290. The highest BCUT2D eigenvalue weighted by Gasteiger charge is 2.36. The van der Waals surface area contributed by atoms with E-state index in [0.29, 0.717) is 10.6 Å². The van der Waals surface area contributed by atoms with Crippen molar-refractivity contribution in [3.63, 3.8) is 0 Å². The van der Waals surface area contributed by atoms with E-state index in [1.807, 2.05) is 38.1 Å². The SMILES string of the molecule is CC(C)Oc1ccc(/C=C2/SC(=O)N(c3ccccc3)C2=O)cc1Br. The minimum absolute atomic E-state index is 0.0736. The molecule has 0 atom stereocenters. The molecule has 2 aromatic rings. The highest BCUT2D eigenvalue weighted by atomic mass is 79.9. The first kappa shape index (κ1) is 17.8. The largest absolute Gasteiger partial charge is 0.490 e. The first-order valence-corrected chi connectivity index (χ1v) is 9.36. The topological polar surface area (TPSA) is 46.6 Å². The van der Waals surface area contributed by atoms with Gasteiger partial charge in [-0.05, 0) is 77.4 Å². The molecule has 4 nitrogen and oxygen atoms in total. The molecule has 0 bridgehead atoms. The molecule has 0 aromatic heterocycles. The molecule has 0 spiro atoms. The van der Waals surface area contributed by atoms with Gasteiger partial charge in [0.2, 0.25) is 0 Å². The Morgan fingerprint density at radius 3 is 2.48 bits per heavy atom. The molecular weight excluding hydrogens is 402 g/mol. The summed E-state index contributed by atoms with van der Waals surface area (Å²) in [6.07, 6.45) is 1.79. The zero-order valence-corrected chi connectivity index (χ0v) is 16.1. The minimum atomic E-state index is -0.306. The third kappa shape index (κ3) is 3.96. The van der Waals surface area contributed by atoms with Crippen molar-refractivity contribution in [3.05, 3.63) is 63.5 Å². The zero-order valence-electron chi connectivity index (χ0n) is 13.7. The number of carbonyl (C=O) groups excluding carboxylic acids is 2. The molecular formula is C19H16BrNO3S. The molecule has 128 valence electrons. The number of nitrogens with zero attached hydrogens (tertiary/aromatic N) is 1. The normalized spacial score (nSPS) is 16.2. The number of para-hydroxylation sites is 1. The molecule has 0 saturated carbocycles. The molecule has 0 aliphatic carbocycles. The maximum absolute atomic E-state index is 12.6. The third-order valence-electron chi connectivity index (χ3n) is 3.42. The van der Waals surface area contributed by atoms with E-state index in [1.54, 1.807) is 30.3 Å². The molecule has 3 rings (SSSR count). The lowest BCUT2D eigenvalue weighted by Gasteiger charge is -2.12. The molecule has 2 aromatic carbocycles. The van der Waals surface area contributed by atoms with Crippen LogP contribution in [0.1, 0.15) is 19.4 Å². The van der Waals surface area contributed by atoms with Crippen molar-refractivity contribution in [3.8, 4) is 5.75 Å². The highest BCUT2D eigenvalue weighted by Crippen LogP contribution is 2.36. The van der Waals surface area contributed by atoms with Gasteiger partial charge in [0.05, 0.1) is 21.2 Å². The van der Waals surface area contributed by atoms with E-state index >= 15 is 0 Å². The molecule has 0 radical (unpaired) electrons. The maximum atomic E-state index is 12.6. The number of amides is 2. The van der Waals surface area contributed by atoms with Gasteiger partial charge < -0.3 is 4.74 Å². The Labute approximate surface area is 159 Å². The van der Waals surface area contributed by atoms with Crippen LogP contribution in [0.5, 0.6) is 5.75 Å². The first-order chi connectivity index (χ1) is 12.0. The Balaban J connectivity index is 1.86. The minimum Gasteiger partial charge on any atom is -0.490 e. The van der Waals surface area contributed by atoms with Crippen LogP contribution in [0.4, 0.5) is 10.5 Å². The van der Waals surface area contributed by atoms with Gasteiger partial charge in [-0.1, -0.05) is 24.3 Å². The third-order valence-corrected chi connectivity index (χ3v) is 4.91. The Morgan fingerprint density at radius 2 is 1.84 bits per heavy atom. The van der Waals surface area contributed by atoms with Crippen molar-refractivity contribution in [2.24, 2.45) is 0 Å². The monoisotopic (exact) mass is 417 g/mol. The van der Waals surface area contributed by atoms with Crippen LogP contribution < -0.4 is 9.64 Å². The number of benzene rings is 2. The molecule has 2 amide bonds. The van der Waals surface area contributed by atoms with Crippen molar-refractivity contribution in [1.82, 2.24) is 0 Å². The van der Waals surface area contributed by atoms with Gasteiger partial charge in [-0.15, -0.1) is 0 Å². The predicted octanol–water partition coefficient (Wildman–Crippen LogP) is 5.48. The second-order valence-corrected chi connectivity index (χ2v) is 7.56. The van der Waals surface area contributed by atoms with Crippen LogP contribution in [0, 0.1) is 0 Å². The Bertz CT molecular complexity index is 849. The fourth-order valence-electron chi connectivity index (χ4n) is 2.38. The van der Waals surface area contributed by atoms with E-state index in [2.05, 4.69) is 15.9 Å². The van der Waals surface area contributed by atoms with Gasteiger partial charge in [0.15, 0.2) is 0 Å².